The third-order valence-electron chi connectivity index (χ3n) is 2.00. The van der Waals surface area contributed by atoms with E-state index in [1.54, 1.807) is 6.92 Å². The lowest BCUT2D eigenvalue weighted by atomic mass is 10.3. The van der Waals surface area contributed by atoms with Crippen molar-refractivity contribution in [1.29, 1.82) is 0 Å². The number of nitrogens with two attached hydrogens (primary N) is 2. The first-order valence-corrected chi connectivity index (χ1v) is 3.98. The van der Waals surface area contributed by atoms with Crippen molar-refractivity contribution in [3.05, 3.63) is 11.4 Å². The van der Waals surface area contributed by atoms with Gasteiger partial charge in [0.2, 0.25) is 5.91 Å². The fourth-order valence-corrected chi connectivity index (χ4v) is 1.05. The molecule has 0 radical (unpaired) electrons. The van der Waals surface area contributed by atoms with Crippen molar-refractivity contribution in [3.63, 3.8) is 0 Å². The molecule has 4 N–H and O–H groups in total. The first-order valence-electron chi connectivity index (χ1n) is 3.98. The van der Waals surface area contributed by atoms with Crippen LogP contribution in [0.3, 0.4) is 0 Å². The van der Waals surface area contributed by atoms with Gasteiger partial charge in [-0.05, 0) is 13.8 Å². The molecule has 72 valence electrons. The van der Waals surface area contributed by atoms with Crippen molar-refractivity contribution in [2.24, 2.45) is 11.5 Å². The van der Waals surface area contributed by atoms with Crippen LogP contribution in [-0.2, 0) is 11.3 Å². The molecule has 0 spiro atoms. The summed E-state index contributed by atoms with van der Waals surface area (Å²) in [5.41, 5.74) is 12.0. The van der Waals surface area contributed by atoms with Gasteiger partial charge in [0, 0.05) is 6.54 Å². The molecule has 1 rings (SSSR count). The Balaban J connectivity index is 3.02. The van der Waals surface area contributed by atoms with Gasteiger partial charge < -0.3 is 11.5 Å². The molecule has 0 aliphatic rings. The zero-order valence-electron chi connectivity index (χ0n) is 7.69. The zero-order chi connectivity index (χ0) is 10.0. The van der Waals surface area contributed by atoms with Crippen molar-refractivity contribution in [3.8, 4) is 0 Å². The van der Waals surface area contributed by atoms with E-state index in [-0.39, 0.29) is 0 Å². The van der Waals surface area contributed by atoms with E-state index >= 15 is 0 Å². The normalized spacial score (nSPS) is 12.8. The highest BCUT2D eigenvalue weighted by molar-refractivity contribution is 5.77. The van der Waals surface area contributed by atoms with E-state index in [9.17, 15) is 4.79 Å². The van der Waals surface area contributed by atoms with Crippen molar-refractivity contribution in [1.82, 2.24) is 15.0 Å². The first kappa shape index (κ1) is 9.66. The molecule has 0 aromatic carbocycles. The molecule has 1 aromatic heterocycles. The first-order chi connectivity index (χ1) is 6.07. The molecule has 1 aromatic rings. The minimum Gasteiger partial charge on any atom is -0.368 e. The van der Waals surface area contributed by atoms with Crippen LogP contribution in [0.5, 0.6) is 0 Å². The molecule has 0 aliphatic carbocycles. The number of carbonyl (C=O) groups excluding carboxylic acids is 1. The molecule has 6 heteroatoms. The van der Waals surface area contributed by atoms with Gasteiger partial charge in [-0.3, -0.25) is 4.79 Å². The fourth-order valence-electron chi connectivity index (χ4n) is 1.05. The van der Waals surface area contributed by atoms with Gasteiger partial charge in [-0.1, -0.05) is 5.21 Å². The van der Waals surface area contributed by atoms with Gasteiger partial charge in [-0.2, -0.15) is 0 Å². The summed E-state index contributed by atoms with van der Waals surface area (Å²) in [5.74, 6) is -0.434. The summed E-state index contributed by atoms with van der Waals surface area (Å²) in [5, 5.41) is 7.61. The Morgan fingerprint density at radius 3 is 2.69 bits per heavy atom. The van der Waals surface area contributed by atoms with Crippen LogP contribution in [0, 0.1) is 6.92 Å². The van der Waals surface area contributed by atoms with Crippen LogP contribution >= 0.6 is 0 Å². The SMILES string of the molecule is Cc1c(CN)nnn1C(C)C(N)=O. The van der Waals surface area contributed by atoms with E-state index in [4.69, 9.17) is 11.5 Å². The van der Waals surface area contributed by atoms with Gasteiger partial charge in [0.1, 0.15) is 6.04 Å². The zero-order valence-corrected chi connectivity index (χ0v) is 7.69. The maximum atomic E-state index is 10.9. The number of aromatic nitrogens is 3. The monoisotopic (exact) mass is 183 g/mol. The molecule has 0 bridgehead atoms. The molecule has 0 saturated heterocycles. The average Bonchev–Trinajstić information content (AvgIpc) is 2.45. The number of hydrogen-bond acceptors (Lipinski definition) is 4. The van der Waals surface area contributed by atoms with Crippen molar-refractivity contribution < 1.29 is 4.79 Å². The lowest BCUT2D eigenvalue weighted by Gasteiger charge is -2.08. The molecule has 1 atom stereocenters. The Bertz CT molecular complexity index is 319. The maximum Gasteiger partial charge on any atom is 0.242 e. The molecule has 0 aliphatic heterocycles. The van der Waals surface area contributed by atoms with E-state index < -0.39 is 11.9 Å². The van der Waals surface area contributed by atoms with Gasteiger partial charge in [0.05, 0.1) is 11.4 Å². The van der Waals surface area contributed by atoms with E-state index in [0.717, 1.165) is 5.69 Å². The van der Waals surface area contributed by atoms with E-state index in [1.165, 1.54) is 4.68 Å². The molecule has 1 heterocycles. The van der Waals surface area contributed by atoms with Gasteiger partial charge >= 0.3 is 0 Å². The Morgan fingerprint density at radius 1 is 1.69 bits per heavy atom. The molecule has 13 heavy (non-hydrogen) atoms. The minimum atomic E-state index is -0.479. The van der Waals surface area contributed by atoms with Crippen molar-refractivity contribution in [2.45, 2.75) is 26.4 Å². The lowest BCUT2D eigenvalue weighted by molar-refractivity contribution is -0.121. The third-order valence-corrected chi connectivity index (χ3v) is 2.00. The Morgan fingerprint density at radius 2 is 2.31 bits per heavy atom. The molecule has 6 nitrogen and oxygen atoms in total. The standard InChI is InChI=1S/C7H13N5O/c1-4-6(3-8)10-11-12(4)5(2)7(9)13/h5H,3,8H2,1-2H3,(H2,9,13). The summed E-state index contributed by atoms with van der Waals surface area (Å²) in [4.78, 5) is 10.9. The number of nitrogens with zero attached hydrogens (tertiary/aromatic N) is 3. The van der Waals surface area contributed by atoms with Crippen LogP contribution in [-0.4, -0.2) is 20.9 Å². The number of hydrogen-bond donors (Lipinski definition) is 2. The predicted octanol–water partition coefficient (Wildman–Crippen LogP) is -0.908. The third kappa shape index (κ3) is 1.67. The molecule has 0 fully saturated rings. The molecular weight excluding hydrogens is 170 g/mol. The Hall–Kier alpha value is -1.43. The number of primary amides is 1. The van der Waals surface area contributed by atoms with Crippen molar-refractivity contribution in [2.75, 3.05) is 0 Å². The second-order valence-electron chi connectivity index (χ2n) is 2.85. The smallest absolute Gasteiger partial charge is 0.242 e. The number of amides is 1. The Kier molecular flexibility index (Phi) is 2.62. The second-order valence-corrected chi connectivity index (χ2v) is 2.85. The quantitative estimate of drug-likeness (QED) is 0.633. The van der Waals surface area contributed by atoms with E-state index in [0.29, 0.717) is 12.2 Å². The summed E-state index contributed by atoms with van der Waals surface area (Å²) < 4.78 is 1.48. The molecule has 1 unspecified atom stereocenters. The van der Waals surface area contributed by atoms with Gasteiger partial charge in [-0.25, -0.2) is 4.68 Å². The molecular formula is C7H13N5O. The van der Waals surface area contributed by atoms with E-state index in [2.05, 4.69) is 10.3 Å². The molecule has 1 amide bonds. The van der Waals surface area contributed by atoms with Crippen LogP contribution in [0.25, 0.3) is 0 Å². The highest BCUT2D eigenvalue weighted by Crippen LogP contribution is 2.09. The van der Waals surface area contributed by atoms with Crippen LogP contribution in [0.2, 0.25) is 0 Å². The fraction of sp³-hybridized carbons (Fsp3) is 0.571. The van der Waals surface area contributed by atoms with E-state index in [1.807, 2.05) is 6.92 Å². The van der Waals surface area contributed by atoms with Gasteiger partial charge in [0.15, 0.2) is 0 Å². The van der Waals surface area contributed by atoms with Crippen LogP contribution in [0.4, 0.5) is 0 Å². The minimum absolute atomic E-state index is 0.317. The summed E-state index contributed by atoms with van der Waals surface area (Å²) in [6, 6.07) is -0.479. The van der Waals surface area contributed by atoms with Gasteiger partial charge in [0.25, 0.3) is 0 Å². The second kappa shape index (κ2) is 3.53. The summed E-state index contributed by atoms with van der Waals surface area (Å²) in [6.07, 6.45) is 0. The average molecular weight is 183 g/mol. The summed E-state index contributed by atoms with van der Waals surface area (Å²) >= 11 is 0. The number of rotatable bonds is 3. The van der Waals surface area contributed by atoms with Crippen molar-refractivity contribution >= 4 is 5.91 Å². The summed E-state index contributed by atoms with van der Waals surface area (Å²) in [7, 11) is 0. The largest absolute Gasteiger partial charge is 0.368 e. The topological polar surface area (TPSA) is 99.8 Å². The van der Waals surface area contributed by atoms with Crippen LogP contribution in [0.15, 0.2) is 0 Å². The molecule has 0 saturated carbocycles. The lowest BCUT2D eigenvalue weighted by Crippen LogP contribution is -2.25. The predicted molar refractivity (Wildman–Crippen MR) is 46.6 cm³/mol. The summed E-state index contributed by atoms with van der Waals surface area (Å²) in [6.45, 7) is 3.79. The highest BCUT2D eigenvalue weighted by atomic mass is 16.1. The maximum absolute atomic E-state index is 10.9. The van der Waals surface area contributed by atoms with Crippen LogP contribution < -0.4 is 11.5 Å². The van der Waals surface area contributed by atoms with Crippen LogP contribution in [0.1, 0.15) is 24.4 Å². The van der Waals surface area contributed by atoms with Gasteiger partial charge in [-0.15, -0.1) is 5.10 Å². The highest BCUT2D eigenvalue weighted by Gasteiger charge is 2.16. The Labute approximate surface area is 75.9 Å². The number of carbonyl (C=O) groups is 1.